The van der Waals surface area contributed by atoms with Gasteiger partial charge in [0.1, 0.15) is 11.5 Å². The molecule has 4 heteroatoms. The number of rotatable bonds is 8. The third-order valence-electron chi connectivity index (χ3n) is 4.93. The maximum absolute atomic E-state index is 12.5. The first-order chi connectivity index (χ1) is 14.1. The van der Waals surface area contributed by atoms with Crippen LogP contribution in [0.15, 0.2) is 77.3 Å². The van der Waals surface area contributed by atoms with Crippen LogP contribution in [0.2, 0.25) is 0 Å². The van der Waals surface area contributed by atoms with Crippen molar-refractivity contribution in [3.63, 3.8) is 0 Å². The molecule has 0 fully saturated rings. The first-order valence-corrected chi connectivity index (χ1v) is 10.6. The molecule has 3 rings (SSSR count). The van der Waals surface area contributed by atoms with Crippen LogP contribution in [0, 0.1) is 0 Å². The van der Waals surface area contributed by atoms with Crippen LogP contribution in [-0.2, 0) is 6.42 Å². The number of carbonyl (C=O) groups excluding carboxylic acids is 1. The molecule has 1 atom stereocenters. The van der Waals surface area contributed by atoms with Crippen LogP contribution in [0.1, 0.15) is 47.7 Å². The molecular weight excluding hydrogens is 428 g/mol. The highest BCUT2D eigenvalue weighted by Crippen LogP contribution is 2.30. The van der Waals surface area contributed by atoms with Crippen molar-refractivity contribution in [3.05, 3.63) is 94.0 Å². The topological polar surface area (TPSA) is 35.5 Å². The predicted octanol–water partition coefficient (Wildman–Crippen LogP) is 6.80. The van der Waals surface area contributed by atoms with E-state index in [4.69, 9.17) is 9.47 Å². The second-order valence-electron chi connectivity index (χ2n) is 7.00. The monoisotopic (exact) mass is 452 g/mol. The van der Waals surface area contributed by atoms with Gasteiger partial charge in [0.15, 0.2) is 0 Å². The Morgan fingerprint density at radius 2 is 1.72 bits per heavy atom. The normalized spacial score (nSPS) is 11.7. The third kappa shape index (κ3) is 5.94. The zero-order valence-electron chi connectivity index (χ0n) is 16.7. The van der Waals surface area contributed by atoms with Gasteiger partial charge in [-0.1, -0.05) is 50.2 Å². The summed E-state index contributed by atoms with van der Waals surface area (Å²) in [6, 6.07) is 23.1. The van der Waals surface area contributed by atoms with Crippen LogP contribution < -0.4 is 9.47 Å². The summed E-state index contributed by atoms with van der Waals surface area (Å²) >= 11 is 3.51. The van der Waals surface area contributed by atoms with Crippen molar-refractivity contribution in [2.24, 2.45) is 0 Å². The van der Waals surface area contributed by atoms with E-state index in [-0.39, 0.29) is 0 Å². The molecule has 0 amide bonds. The van der Waals surface area contributed by atoms with Crippen LogP contribution >= 0.6 is 15.9 Å². The van der Waals surface area contributed by atoms with Crippen LogP contribution in [0.4, 0.5) is 0 Å². The van der Waals surface area contributed by atoms with E-state index in [2.05, 4.69) is 41.9 Å². The molecule has 0 radical (unpaired) electrons. The molecular formula is C25H25BrO3. The molecule has 3 aromatic rings. The van der Waals surface area contributed by atoms with E-state index in [9.17, 15) is 4.79 Å². The first-order valence-electron chi connectivity index (χ1n) is 9.85. The second kappa shape index (κ2) is 10.3. The summed E-state index contributed by atoms with van der Waals surface area (Å²) in [6.45, 7) is 4.92. The summed E-state index contributed by atoms with van der Waals surface area (Å²) in [4.78, 5) is 12.5. The number of benzene rings is 3. The fourth-order valence-electron chi connectivity index (χ4n) is 2.92. The minimum Gasteiger partial charge on any atom is -0.493 e. The zero-order valence-corrected chi connectivity index (χ0v) is 18.3. The minimum absolute atomic E-state index is 0.391. The molecule has 29 heavy (non-hydrogen) atoms. The van der Waals surface area contributed by atoms with Gasteiger partial charge < -0.3 is 9.47 Å². The Morgan fingerprint density at radius 3 is 2.38 bits per heavy atom. The standard InChI is InChI=1S/C25H25BrO3/c1-3-18(2)21-11-14-24(23(26)17-21)29-25(27)20-9-12-22(13-10-20)28-16-15-19-7-5-4-6-8-19/h4-14,17-18H,3,15-16H2,1-2H3. The van der Waals surface area contributed by atoms with Gasteiger partial charge in [0.2, 0.25) is 0 Å². The Morgan fingerprint density at radius 1 is 1.00 bits per heavy atom. The van der Waals surface area contributed by atoms with Crippen molar-refractivity contribution in [1.29, 1.82) is 0 Å². The lowest BCUT2D eigenvalue weighted by Gasteiger charge is -2.12. The molecule has 0 saturated carbocycles. The Bertz CT molecular complexity index is 936. The molecule has 3 nitrogen and oxygen atoms in total. The summed E-state index contributed by atoms with van der Waals surface area (Å²) in [5, 5.41) is 0. The molecule has 0 heterocycles. The van der Waals surface area contributed by atoms with Crippen LogP contribution in [0.3, 0.4) is 0 Å². The molecule has 0 spiro atoms. The summed E-state index contributed by atoms with van der Waals surface area (Å²) in [5.41, 5.74) is 2.94. The highest BCUT2D eigenvalue weighted by atomic mass is 79.9. The van der Waals surface area contributed by atoms with Gasteiger partial charge in [-0.3, -0.25) is 0 Å². The van der Waals surface area contributed by atoms with E-state index in [1.807, 2.05) is 36.4 Å². The number of esters is 1. The lowest BCUT2D eigenvalue weighted by atomic mass is 9.99. The molecule has 0 aromatic heterocycles. The summed E-state index contributed by atoms with van der Waals surface area (Å²) in [5.74, 6) is 1.32. The van der Waals surface area contributed by atoms with Crippen LogP contribution in [0.25, 0.3) is 0 Å². The van der Waals surface area contributed by atoms with Crippen molar-refractivity contribution in [2.75, 3.05) is 6.61 Å². The molecule has 150 valence electrons. The fourth-order valence-corrected chi connectivity index (χ4v) is 3.40. The quantitative estimate of drug-likeness (QED) is 0.278. The van der Waals surface area contributed by atoms with Gasteiger partial charge in [0.25, 0.3) is 0 Å². The van der Waals surface area contributed by atoms with Crippen LogP contribution in [-0.4, -0.2) is 12.6 Å². The third-order valence-corrected chi connectivity index (χ3v) is 5.55. The highest BCUT2D eigenvalue weighted by molar-refractivity contribution is 9.10. The number of halogens is 1. The molecule has 0 aliphatic heterocycles. The highest BCUT2D eigenvalue weighted by Gasteiger charge is 2.13. The largest absolute Gasteiger partial charge is 0.493 e. The Kier molecular flexibility index (Phi) is 7.48. The van der Waals surface area contributed by atoms with Gasteiger partial charge in [0, 0.05) is 6.42 Å². The number of carbonyl (C=O) groups is 1. The molecule has 0 N–H and O–H groups in total. The lowest BCUT2D eigenvalue weighted by Crippen LogP contribution is -2.09. The van der Waals surface area contributed by atoms with Gasteiger partial charge in [-0.15, -0.1) is 0 Å². The maximum atomic E-state index is 12.5. The van der Waals surface area contributed by atoms with Crippen molar-refractivity contribution in [1.82, 2.24) is 0 Å². The average molecular weight is 453 g/mol. The number of ether oxygens (including phenoxy) is 2. The van der Waals surface area contributed by atoms with E-state index in [0.29, 0.717) is 23.8 Å². The summed E-state index contributed by atoms with van der Waals surface area (Å²) in [6.07, 6.45) is 1.90. The molecule has 0 saturated heterocycles. The van der Waals surface area contributed by atoms with Gasteiger partial charge in [0.05, 0.1) is 16.6 Å². The second-order valence-corrected chi connectivity index (χ2v) is 7.85. The van der Waals surface area contributed by atoms with E-state index < -0.39 is 5.97 Å². The minimum atomic E-state index is -0.391. The molecule has 0 aliphatic carbocycles. The Labute approximate surface area is 180 Å². The van der Waals surface area contributed by atoms with Crippen molar-refractivity contribution < 1.29 is 14.3 Å². The Balaban J connectivity index is 1.56. The molecule has 3 aromatic carbocycles. The van der Waals surface area contributed by atoms with Crippen molar-refractivity contribution in [3.8, 4) is 11.5 Å². The van der Waals surface area contributed by atoms with E-state index in [1.54, 1.807) is 24.3 Å². The fraction of sp³-hybridized carbons (Fsp3) is 0.240. The smallest absolute Gasteiger partial charge is 0.343 e. The molecule has 1 unspecified atom stereocenters. The van der Waals surface area contributed by atoms with Gasteiger partial charge in [-0.25, -0.2) is 4.79 Å². The zero-order chi connectivity index (χ0) is 20.6. The van der Waals surface area contributed by atoms with Gasteiger partial charge in [-0.2, -0.15) is 0 Å². The summed E-state index contributed by atoms with van der Waals surface area (Å²) < 4.78 is 12.1. The number of hydrogen-bond donors (Lipinski definition) is 0. The SMILES string of the molecule is CCC(C)c1ccc(OC(=O)c2ccc(OCCc3ccccc3)cc2)c(Br)c1. The van der Waals surface area contributed by atoms with Crippen LogP contribution in [0.5, 0.6) is 11.5 Å². The average Bonchev–Trinajstić information content (AvgIpc) is 2.75. The van der Waals surface area contributed by atoms with Crippen molar-refractivity contribution in [2.45, 2.75) is 32.6 Å². The van der Waals surface area contributed by atoms with Gasteiger partial charge in [-0.05, 0) is 75.8 Å². The van der Waals surface area contributed by atoms with E-state index in [1.165, 1.54) is 11.1 Å². The van der Waals surface area contributed by atoms with E-state index >= 15 is 0 Å². The maximum Gasteiger partial charge on any atom is 0.343 e. The lowest BCUT2D eigenvalue weighted by molar-refractivity contribution is 0.0733. The van der Waals surface area contributed by atoms with E-state index in [0.717, 1.165) is 23.1 Å². The van der Waals surface area contributed by atoms with Gasteiger partial charge >= 0.3 is 5.97 Å². The molecule has 0 aliphatic rings. The first kappa shape index (κ1) is 21.1. The number of hydrogen-bond acceptors (Lipinski definition) is 3. The molecule has 0 bridgehead atoms. The Hall–Kier alpha value is -2.59. The van der Waals surface area contributed by atoms with Crippen molar-refractivity contribution >= 4 is 21.9 Å². The summed E-state index contributed by atoms with van der Waals surface area (Å²) in [7, 11) is 0. The predicted molar refractivity (Wildman–Crippen MR) is 120 cm³/mol.